The van der Waals surface area contributed by atoms with Crippen molar-refractivity contribution in [3.63, 3.8) is 0 Å². The molecule has 0 bridgehead atoms. The summed E-state index contributed by atoms with van der Waals surface area (Å²) in [6, 6.07) is 4.69. The molecule has 0 aliphatic rings. The minimum absolute atomic E-state index is 0. The van der Waals surface area contributed by atoms with Gasteiger partial charge in [-0.25, -0.2) is 0 Å². The predicted molar refractivity (Wildman–Crippen MR) is 98.9 cm³/mol. The van der Waals surface area contributed by atoms with Crippen molar-refractivity contribution in [2.45, 2.75) is 78.6 Å². The number of unbranched alkanes of at least 4 members (excludes halogenated alkanes) is 3. The van der Waals surface area contributed by atoms with Gasteiger partial charge in [-0.05, 0) is 60.5 Å². The minimum Gasteiger partial charge on any atom is -0.147 e. The quantitative estimate of drug-likeness (QED) is 0.518. The second-order valence-corrected chi connectivity index (χ2v) is 6.20. The second kappa shape index (κ2) is 11.6. The van der Waals surface area contributed by atoms with Crippen LogP contribution in [0.3, 0.4) is 0 Å². The topological polar surface area (TPSA) is 0 Å². The van der Waals surface area contributed by atoms with E-state index >= 15 is 0 Å². The first kappa shape index (κ1) is 19.9. The summed E-state index contributed by atoms with van der Waals surface area (Å²) in [6.45, 7) is 6.87. The van der Waals surface area contributed by atoms with Crippen LogP contribution in [-0.2, 0) is 19.3 Å². The van der Waals surface area contributed by atoms with Crippen molar-refractivity contribution in [2.75, 3.05) is 0 Å². The van der Waals surface area contributed by atoms with E-state index in [1.54, 1.807) is 16.7 Å². The van der Waals surface area contributed by atoms with Crippen LogP contribution in [0.5, 0.6) is 0 Å². The predicted octanol–water partition coefficient (Wildman–Crippen LogP) is 5.64. The van der Waals surface area contributed by atoms with Gasteiger partial charge in [0.15, 0.2) is 0 Å². The van der Waals surface area contributed by atoms with E-state index in [2.05, 4.69) is 42.1 Å². The van der Waals surface area contributed by atoms with Crippen molar-refractivity contribution in [2.24, 2.45) is 0 Å². The van der Waals surface area contributed by atoms with Crippen LogP contribution >= 0.6 is 21.6 Å². The van der Waals surface area contributed by atoms with Gasteiger partial charge in [0.1, 0.15) is 0 Å². The molecule has 0 saturated heterocycles. The van der Waals surface area contributed by atoms with Gasteiger partial charge in [-0.1, -0.05) is 52.2 Å². The normalized spacial score (nSPS) is 10.4. The van der Waals surface area contributed by atoms with Crippen molar-refractivity contribution >= 4 is 27.0 Å². The lowest BCUT2D eigenvalue weighted by molar-refractivity contribution is 0.737. The molecule has 0 aliphatic carbocycles. The summed E-state index contributed by atoms with van der Waals surface area (Å²) < 4.78 is 0. The van der Waals surface area contributed by atoms with Gasteiger partial charge in [0.2, 0.25) is 0 Å². The Labute approximate surface area is 134 Å². The van der Waals surface area contributed by atoms with E-state index < -0.39 is 0 Å². The first-order valence-electron chi connectivity index (χ1n) is 8.13. The van der Waals surface area contributed by atoms with Crippen LogP contribution in [0, 0.1) is 0 Å². The fraction of sp³-hybridized carbons (Fsp3) is 0.667. The summed E-state index contributed by atoms with van der Waals surface area (Å²) in [5, 5.41) is 1.43. The molecule has 0 fully saturated rings. The van der Waals surface area contributed by atoms with Crippen LogP contribution < -0.4 is 5.30 Å². The zero-order chi connectivity index (χ0) is 14.1. The van der Waals surface area contributed by atoms with Crippen LogP contribution in [0.2, 0.25) is 0 Å². The molecule has 0 N–H and O–H groups in total. The highest BCUT2D eigenvalue weighted by atomic mass is 35.5. The van der Waals surface area contributed by atoms with E-state index in [4.69, 9.17) is 0 Å². The van der Waals surface area contributed by atoms with E-state index in [-0.39, 0.29) is 12.4 Å². The number of aryl methyl sites for hydroxylation is 1. The molecule has 0 heterocycles. The molecule has 1 rings (SSSR count). The maximum atomic E-state index is 2.95. The monoisotopic (exact) mass is 314 g/mol. The zero-order valence-electron chi connectivity index (χ0n) is 13.5. The molecular weight excluding hydrogens is 283 g/mol. The van der Waals surface area contributed by atoms with E-state index in [1.807, 2.05) is 0 Å². The average molecular weight is 315 g/mol. The first-order valence-corrected chi connectivity index (χ1v) is 8.71. The highest BCUT2D eigenvalue weighted by Gasteiger charge is 2.10. The number of hydrogen-bond donors (Lipinski definition) is 0. The van der Waals surface area contributed by atoms with Crippen LogP contribution in [0.1, 0.15) is 76.0 Å². The van der Waals surface area contributed by atoms with Crippen molar-refractivity contribution in [1.29, 1.82) is 0 Å². The molecule has 2 heteroatoms. The molecule has 0 spiro atoms. The Morgan fingerprint density at radius 2 is 1.25 bits per heavy atom. The van der Waals surface area contributed by atoms with E-state index in [9.17, 15) is 0 Å². The third kappa shape index (κ3) is 6.15. The van der Waals surface area contributed by atoms with E-state index in [1.165, 1.54) is 63.1 Å². The molecule has 0 saturated carbocycles. The SMILES string of the molecule is CCCCc1ccc(P)c(CCCC)c1CCCC.Cl. The van der Waals surface area contributed by atoms with Gasteiger partial charge in [0, 0.05) is 0 Å². The molecule has 20 heavy (non-hydrogen) atoms. The van der Waals surface area contributed by atoms with Crippen molar-refractivity contribution < 1.29 is 0 Å². The van der Waals surface area contributed by atoms with E-state index in [0.29, 0.717) is 0 Å². The van der Waals surface area contributed by atoms with Gasteiger partial charge in [0.05, 0.1) is 0 Å². The van der Waals surface area contributed by atoms with Gasteiger partial charge >= 0.3 is 0 Å². The molecule has 0 aliphatic heterocycles. The molecule has 0 nitrogen and oxygen atoms in total. The summed E-state index contributed by atoms with van der Waals surface area (Å²) in [6.07, 6.45) is 11.6. The molecule has 116 valence electrons. The van der Waals surface area contributed by atoms with Gasteiger partial charge < -0.3 is 0 Å². The third-order valence-corrected chi connectivity index (χ3v) is 4.47. The van der Waals surface area contributed by atoms with Crippen molar-refractivity contribution in [1.82, 2.24) is 0 Å². The van der Waals surface area contributed by atoms with Crippen molar-refractivity contribution in [3.8, 4) is 0 Å². The lowest BCUT2D eigenvalue weighted by atomic mass is 9.91. The minimum atomic E-state index is 0. The largest absolute Gasteiger partial charge is 0.147 e. The molecule has 1 atom stereocenters. The first-order chi connectivity index (χ1) is 9.24. The summed E-state index contributed by atoms with van der Waals surface area (Å²) in [5.41, 5.74) is 4.93. The number of rotatable bonds is 9. The summed E-state index contributed by atoms with van der Waals surface area (Å²) in [5.74, 6) is 0. The fourth-order valence-corrected chi connectivity index (χ4v) is 3.09. The molecular formula is C18H32ClP. The van der Waals surface area contributed by atoms with Crippen molar-refractivity contribution in [3.05, 3.63) is 28.8 Å². The lowest BCUT2D eigenvalue weighted by Gasteiger charge is -2.17. The van der Waals surface area contributed by atoms with Gasteiger partial charge in [-0.3, -0.25) is 0 Å². The number of benzene rings is 1. The molecule has 1 unspecified atom stereocenters. The third-order valence-electron chi connectivity index (χ3n) is 3.92. The molecule has 0 aromatic heterocycles. The summed E-state index contributed by atoms with van der Waals surface area (Å²) in [7, 11) is 2.95. The Bertz CT molecular complexity index is 374. The number of halogens is 1. The average Bonchev–Trinajstić information content (AvgIpc) is 2.42. The lowest BCUT2D eigenvalue weighted by Crippen LogP contribution is -2.10. The Balaban J connectivity index is 0.00000361. The fourth-order valence-electron chi connectivity index (χ4n) is 2.67. The van der Waals surface area contributed by atoms with E-state index in [0.717, 1.165) is 0 Å². The Hall–Kier alpha value is -0.0600. The van der Waals surface area contributed by atoms with Gasteiger partial charge in [-0.15, -0.1) is 21.6 Å². The zero-order valence-corrected chi connectivity index (χ0v) is 15.5. The van der Waals surface area contributed by atoms with Crippen LogP contribution in [0.4, 0.5) is 0 Å². The smallest absolute Gasteiger partial charge is 0.0268 e. The highest BCUT2D eigenvalue weighted by molar-refractivity contribution is 7.27. The molecule has 0 amide bonds. The van der Waals surface area contributed by atoms with Crippen LogP contribution in [0.25, 0.3) is 0 Å². The van der Waals surface area contributed by atoms with Gasteiger partial charge in [-0.2, -0.15) is 0 Å². The van der Waals surface area contributed by atoms with Crippen LogP contribution in [-0.4, -0.2) is 0 Å². The maximum absolute atomic E-state index is 2.95. The van der Waals surface area contributed by atoms with Gasteiger partial charge in [0.25, 0.3) is 0 Å². The standard InChI is InChI=1S/C18H31P.ClH/c1-4-7-10-15-13-14-18(19)17(12-9-6-3)16(15)11-8-5-2;/h13-14H,4-12,19H2,1-3H3;1H. The molecule has 1 aromatic rings. The summed E-state index contributed by atoms with van der Waals surface area (Å²) >= 11 is 0. The molecule has 0 radical (unpaired) electrons. The number of hydrogen-bond acceptors (Lipinski definition) is 0. The Morgan fingerprint density at radius 3 is 1.80 bits per heavy atom. The maximum Gasteiger partial charge on any atom is -0.0268 e. The highest BCUT2D eigenvalue weighted by Crippen LogP contribution is 2.21. The Kier molecular flexibility index (Phi) is 11.5. The summed E-state index contributed by atoms with van der Waals surface area (Å²) in [4.78, 5) is 0. The van der Waals surface area contributed by atoms with Crippen LogP contribution in [0.15, 0.2) is 12.1 Å². The second-order valence-electron chi connectivity index (χ2n) is 5.58. The Morgan fingerprint density at radius 1 is 0.750 bits per heavy atom. The molecule has 1 aromatic carbocycles.